The van der Waals surface area contributed by atoms with Crippen molar-refractivity contribution in [1.29, 1.82) is 0 Å². The lowest BCUT2D eigenvalue weighted by Crippen LogP contribution is -2.45. The Morgan fingerprint density at radius 3 is 2.14 bits per heavy atom. The van der Waals surface area contributed by atoms with Gasteiger partial charge in [0.1, 0.15) is 0 Å². The van der Waals surface area contributed by atoms with Gasteiger partial charge in [-0.3, -0.25) is 9.59 Å². The van der Waals surface area contributed by atoms with Crippen LogP contribution in [0.3, 0.4) is 0 Å². The lowest BCUT2D eigenvalue weighted by atomic mass is 9.94. The first-order valence-electron chi connectivity index (χ1n) is 8.07. The van der Waals surface area contributed by atoms with Crippen molar-refractivity contribution >= 4 is 23.2 Å². The van der Waals surface area contributed by atoms with Crippen LogP contribution in [0.1, 0.15) is 32.6 Å². The molecule has 5 nitrogen and oxygen atoms in total. The molecule has 1 heterocycles. The summed E-state index contributed by atoms with van der Waals surface area (Å²) >= 11 is 0. The van der Waals surface area contributed by atoms with Gasteiger partial charge in [-0.25, -0.2) is 0 Å². The second kappa shape index (κ2) is 6.48. The van der Waals surface area contributed by atoms with Crippen LogP contribution in [0.4, 0.5) is 11.4 Å². The Kier molecular flexibility index (Phi) is 4.43. The smallest absolute Gasteiger partial charge is 0.241 e. The molecule has 22 heavy (non-hydrogen) atoms. The minimum Gasteiger partial charge on any atom is -0.326 e. The quantitative estimate of drug-likeness (QED) is 0.799. The van der Waals surface area contributed by atoms with Crippen LogP contribution in [0.2, 0.25) is 0 Å². The van der Waals surface area contributed by atoms with E-state index >= 15 is 0 Å². The standard InChI is InChI=1S/C17H23N3O2/c1-11-8-9-18-15(10-11)17(22)20-14-6-4-13(5-7-14)19-16(21)12-2-3-12/h4-7,11-12,15,18H,2-3,8-10H2,1H3,(H,19,21)(H,20,22). The molecule has 118 valence electrons. The fourth-order valence-corrected chi connectivity index (χ4v) is 2.76. The van der Waals surface area contributed by atoms with E-state index in [1.165, 1.54) is 0 Å². The van der Waals surface area contributed by atoms with E-state index in [0.717, 1.165) is 43.6 Å². The summed E-state index contributed by atoms with van der Waals surface area (Å²) < 4.78 is 0. The molecular weight excluding hydrogens is 278 g/mol. The molecule has 1 saturated heterocycles. The minimum absolute atomic E-state index is 0.0151. The molecular formula is C17H23N3O2. The third-order valence-electron chi connectivity index (χ3n) is 4.35. The second-order valence-corrected chi connectivity index (χ2v) is 6.47. The number of carbonyl (C=O) groups excluding carboxylic acids is 2. The van der Waals surface area contributed by atoms with Gasteiger partial charge in [-0.05, 0) is 62.4 Å². The van der Waals surface area contributed by atoms with Crippen molar-refractivity contribution in [3.8, 4) is 0 Å². The van der Waals surface area contributed by atoms with Gasteiger partial charge in [-0.15, -0.1) is 0 Å². The lowest BCUT2D eigenvalue weighted by molar-refractivity contribution is -0.119. The fraction of sp³-hybridized carbons (Fsp3) is 0.529. The Bertz CT molecular complexity index is 552. The first kappa shape index (κ1) is 15.0. The molecule has 2 unspecified atom stereocenters. The highest BCUT2D eigenvalue weighted by Crippen LogP contribution is 2.30. The molecule has 0 spiro atoms. The SMILES string of the molecule is CC1CCNC(C(=O)Nc2ccc(NC(=O)C3CC3)cc2)C1. The van der Waals surface area contributed by atoms with Gasteiger partial charge in [0.05, 0.1) is 6.04 Å². The van der Waals surface area contributed by atoms with Crippen LogP contribution in [0.5, 0.6) is 0 Å². The highest BCUT2D eigenvalue weighted by Gasteiger charge is 2.29. The third kappa shape index (κ3) is 3.85. The Labute approximate surface area is 130 Å². The maximum absolute atomic E-state index is 12.2. The molecule has 0 radical (unpaired) electrons. The molecule has 5 heteroatoms. The summed E-state index contributed by atoms with van der Waals surface area (Å²) in [6, 6.07) is 7.19. The molecule has 1 aliphatic carbocycles. The molecule has 1 aromatic rings. The van der Waals surface area contributed by atoms with Crippen molar-refractivity contribution < 1.29 is 9.59 Å². The highest BCUT2D eigenvalue weighted by atomic mass is 16.2. The predicted molar refractivity (Wildman–Crippen MR) is 86.6 cm³/mol. The van der Waals surface area contributed by atoms with Crippen LogP contribution >= 0.6 is 0 Å². The number of hydrogen-bond donors (Lipinski definition) is 3. The van der Waals surface area contributed by atoms with Crippen LogP contribution in [0, 0.1) is 11.8 Å². The Morgan fingerprint density at radius 2 is 1.59 bits per heavy atom. The average Bonchev–Trinajstić information content (AvgIpc) is 3.34. The third-order valence-corrected chi connectivity index (χ3v) is 4.35. The summed E-state index contributed by atoms with van der Waals surface area (Å²) in [6.45, 7) is 3.07. The zero-order valence-electron chi connectivity index (χ0n) is 12.9. The molecule has 0 aromatic heterocycles. The molecule has 2 aliphatic rings. The molecule has 1 saturated carbocycles. The summed E-state index contributed by atoms with van der Waals surface area (Å²) in [7, 11) is 0. The van der Waals surface area contributed by atoms with Crippen molar-refractivity contribution in [3.05, 3.63) is 24.3 Å². The van der Waals surface area contributed by atoms with E-state index in [-0.39, 0.29) is 23.8 Å². The lowest BCUT2D eigenvalue weighted by Gasteiger charge is -2.27. The summed E-state index contributed by atoms with van der Waals surface area (Å²) in [5.41, 5.74) is 1.54. The maximum Gasteiger partial charge on any atom is 0.241 e. The zero-order valence-corrected chi connectivity index (χ0v) is 12.9. The number of benzene rings is 1. The number of hydrogen-bond acceptors (Lipinski definition) is 3. The number of carbonyl (C=O) groups is 2. The van der Waals surface area contributed by atoms with Crippen molar-refractivity contribution in [2.75, 3.05) is 17.2 Å². The molecule has 2 atom stereocenters. The molecule has 3 rings (SSSR count). The van der Waals surface area contributed by atoms with Crippen LogP contribution in [0.15, 0.2) is 24.3 Å². The highest BCUT2D eigenvalue weighted by molar-refractivity contribution is 5.96. The number of nitrogens with one attached hydrogen (secondary N) is 3. The van der Waals surface area contributed by atoms with Crippen LogP contribution in [-0.4, -0.2) is 24.4 Å². The molecule has 1 aliphatic heterocycles. The summed E-state index contributed by atoms with van der Waals surface area (Å²) in [5, 5.41) is 9.08. The van der Waals surface area contributed by atoms with Crippen LogP contribution < -0.4 is 16.0 Å². The van der Waals surface area contributed by atoms with Crippen LogP contribution in [-0.2, 0) is 9.59 Å². The number of anilines is 2. The monoisotopic (exact) mass is 301 g/mol. The van der Waals surface area contributed by atoms with Crippen LogP contribution in [0.25, 0.3) is 0 Å². The number of piperidine rings is 1. The van der Waals surface area contributed by atoms with E-state index in [1.807, 2.05) is 24.3 Å². The average molecular weight is 301 g/mol. The maximum atomic E-state index is 12.2. The van der Waals surface area contributed by atoms with Crippen molar-refractivity contribution in [2.45, 2.75) is 38.6 Å². The van der Waals surface area contributed by atoms with E-state index in [0.29, 0.717) is 5.92 Å². The van der Waals surface area contributed by atoms with E-state index in [4.69, 9.17) is 0 Å². The van der Waals surface area contributed by atoms with Gasteiger partial charge in [-0.2, -0.15) is 0 Å². The predicted octanol–water partition coefficient (Wildman–Crippen LogP) is 2.36. The fourth-order valence-electron chi connectivity index (χ4n) is 2.76. The molecule has 1 aromatic carbocycles. The number of rotatable bonds is 4. The Hall–Kier alpha value is -1.88. The second-order valence-electron chi connectivity index (χ2n) is 6.47. The Morgan fingerprint density at radius 1 is 1.00 bits per heavy atom. The van der Waals surface area contributed by atoms with Gasteiger partial charge >= 0.3 is 0 Å². The molecule has 2 amide bonds. The van der Waals surface area contributed by atoms with E-state index in [9.17, 15) is 9.59 Å². The topological polar surface area (TPSA) is 70.2 Å². The van der Waals surface area contributed by atoms with Crippen molar-refractivity contribution in [3.63, 3.8) is 0 Å². The van der Waals surface area contributed by atoms with Crippen molar-refractivity contribution in [2.24, 2.45) is 11.8 Å². The molecule has 0 bridgehead atoms. The van der Waals surface area contributed by atoms with Gasteiger partial charge in [0.25, 0.3) is 0 Å². The van der Waals surface area contributed by atoms with Gasteiger partial charge in [0, 0.05) is 17.3 Å². The molecule has 2 fully saturated rings. The zero-order chi connectivity index (χ0) is 15.5. The largest absolute Gasteiger partial charge is 0.326 e. The van der Waals surface area contributed by atoms with Gasteiger partial charge in [-0.1, -0.05) is 6.92 Å². The van der Waals surface area contributed by atoms with E-state index < -0.39 is 0 Å². The first-order chi connectivity index (χ1) is 10.6. The van der Waals surface area contributed by atoms with Crippen molar-refractivity contribution in [1.82, 2.24) is 5.32 Å². The first-order valence-corrected chi connectivity index (χ1v) is 8.07. The molecule has 3 N–H and O–H groups in total. The summed E-state index contributed by atoms with van der Waals surface area (Å²) in [4.78, 5) is 23.9. The normalized spacial score (nSPS) is 24.6. The van der Waals surface area contributed by atoms with Gasteiger partial charge < -0.3 is 16.0 Å². The van der Waals surface area contributed by atoms with E-state index in [1.54, 1.807) is 0 Å². The number of amides is 2. The Balaban J connectivity index is 1.53. The summed E-state index contributed by atoms with van der Waals surface area (Å²) in [5.74, 6) is 0.884. The van der Waals surface area contributed by atoms with Gasteiger partial charge in [0.15, 0.2) is 0 Å². The van der Waals surface area contributed by atoms with E-state index in [2.05, 4.69) is 22.9 Å². The van der Waals surface area contributed by atoms with Gasteiger partial charge in [0.2, 0.25) is 11.8 Å². The summed E-state index contributed by atoms with van der Waals surface area (Å²) in [6.07, 6.45) is 3.99. The minimum atomic E-state index is -0.113.